The maximum Gasteiger partial charge on any atom is 0.222 e. The van der Waals surface area contributed by atoms with Gasteiger partial charge < -0.3 is 9.47 Å². The summed E-state index contributed by atoms with van der Waals surface area (Å²) in [7, 11) is 3.11. The van der Waals surface area contributed by atoms with Crippen molar-refractivity contribution < 1.29 is 14.3 Å². The van der Waals surface area contributed by atoms with Gasteiger partial charge in [-0.3, -0.25) is 4.79 Å². The Morgan fingerprint density at radius 1 is 1.29 bits per heavy atom. The molecule has 3 nitrogen and oxygen atoms in total. The summed E-state index contributed by atoms with van der Waals surface area (Å²) in [5.41, 5.74) is 0.570. The maximum absolute atomic E-state index is 11.4. The molecule has 0 amide bonds. The lowest BCUT2D eigenvalue weighted by Crippen LogP contribution is -1.98. The van der Waals surface area contributed by atoms with Gasteiger partial charge in [-0.25, -0.2) is 0 Å². The minimum atomic E-state index is -0.00972. The van der Waals surface area contributed by atoms with Crippen molar-refractivity contribution in [3.05, 3.63) is 23.8 Å². The molecule has 1 aromatic rings. The van der Waals surface area contributed by atoms with E-state index in [0.29, 0.717) is 17.1 Å². The minimum Gasteiger partial charge on any atom is -0.497 e. The van der Waals surface area contributed by atoms with Crippen molar-refractivity contribution in [2.45, 2.75) is 0 Å². The molecule has 0 fully saturated rings. The first-order chi connectivity index (χ1) is 6.72. The van der Waals surface area contributed by atoms with Crippen LogP contribution in [0.5, 0.6) is 11.5 Å². The van der Waals surface area contributed by atoms with Gasteiger partial charge in [0.15, 0.2) is 0 Å². The minimum absolute atomic E-state index is 0.00972. The van der Waals surface area contributed by atoms with Crippen molar-refractivity contribution in [2.75, 3.05) is 20.5 Å². The van der Waals surface area contributed by atoms with E-state index >= 15 is 0 Å². The zero-order chi connectivity index (χ0) is 10.6. The Hall–Kier alpha value is -1.16. The third-order valence-corrected chi connectivity index (χ3v) is 2.40. The predicted octanol–water partition coefficient (Wildman–Crippen LogP) is 2.21. The van der Waals surface area contributed by atoms with Gasteiger partial charge >= 0.3 is 0 Å². The van der Waals surface area contributed by atoms with Gasteiger partial charge in [-0.1, -0.05) is 11.8 Å². The van der Waals surface area contributed by atoms with Crippen LogP contribution in [0.25, 0.3) is 0 Å². The van der Waals surface area contributed by atoms with Crippen LogP contribution in [0.1, 0.15) is 10.4 Å². The average molecular weight is 212 g/mol. The van der Waals surface area contributed by atoms with Crippen molar-refractivity contribution in [1.29, 1.82) is 0 Å². The van der Waals surface area contributed by atoms with Gasteiger partial charge in [0, 0.05) is 6.07 Å². The number of ether oxygens (including phenoxy) is 2. The highest BCUT2D eigenvalue weighted by Crippen LogP contribution is 2.26. The normalized spacial score (nSPS) is 9.64. The van der Waals surface area contributed by atoms with Crippen LogP contribution in [-0.4, -0.2) is 25.6 Å². The number of rotatable bonds is 3. The van der Waals surface area contributed by atoms with Crippen molar-refractivity contribution in [3.8, 4) is 11.5 Å². The van der Waals surface area contributed by atoms with Gasteiger partial charge in [0.2, 0.25) is 5.12 Å². The zero-order valence-electron chi connectivity index (χ0n) is 8.37. The summed E-state index contributed by atoms with van der Waals surface area (Å²) in [6.45, 7) is 0. The lowest BCUT2D eigenvalue weighted by atomic mass is 10.2. The summed E-state index contributed by atoms with van der Waals surface area (Å²) in [6.07, 6.45) is 1.74. The van der Waals surface area contributed by atoms with Gasteiger partial charge in [-0.15, -0.1) is 0 Å². The quantitative estimate of drug-likeness (QED) is 0.769. The third-order valence-electron chi connectivity index (χ3n) is 1.81. The van der Waals surface area contributed by atoms with Gasteiger partial charge in [-0.05, 0) is 18.4 Å². The Kier molecular flexibility index (Phi) is 3.83. The first-order valence-electron chi connectivity index (χ1n) is 4.03. The van der Waals surface area contributed by atoms with Gasteiger partial charge in [-0.2, -0.15) is 0 Å². The van der Waals surface area contributed by atoms with Crippen molar-refractivity contribution in [1.82, 2.24) is 0 Å². The highest BCUT2D eigenvalue weighted by atomic mass is 32.2. The fourth-order valence-corrected chi connectivity index (χ4v) is 1.47. The second-order valence-electron chi connectivity index (χ2n) is 2.56. The van der Waals surface area contributed by atoms with Gasteiger partial charge in [0.05, 0.1) is 19.8 Å². The van der Waals surface area contributed by atoms with E-state index in [2.05, 4.69) is 0 Å². The summed E-state index contributed by atoms with van der Waals surface area (Å²) in [6, 6.07) is 5.14. The van der Waals surface area contributed by atoms with Crippen LogP contribution in [0.3, 0.4) is 0 Å². The summed E-state index contributed by atoms with van der Waals surface area (Å²) >= 11 is 1.16. The van der Waals surface area contributed by atoms with E-state index in [9.17, 15) is 4.79 Å². The van der Waals surface area contributed by atoms with E-state index in [1.54, 1.807) is 31.6 Å². The molecule has 0 aromatic heterocycles. The Balaban J connectivity index is 3.11. The topological polar surface area (TPSA) is 35.5 Å². The number of methoxy groups -OCH3 is 2. The summed E-state index contributed by atoms with van der Waals surface area (Å²) in [4.78, 5) is 11.4. The van der Waals surface area contributed by atoms with Crippen molar-refractivity contribution >= 4 is 16.9 Å². The Morgan fingerprint density at radius 3 is 2.50 bits per heavy atom. The highest BCUT2D eigenvalue weighted by Gasteiger charge is 2.11. The number of benzene rings is 1. The highest BCUT2D eigenvalue weighted by molar-refractivity contribution is 8.13. The Bertz CT molecular complexity index is 336. The van der Waals surface area contributed by atoms with E-state index in [-0.39, 0.29) is 5.12 Å². The monoisotopic (exact) mass is 212 g/mol. The average Bonchev–Trinajstić information content (AvgIpc) is 2.27. The molecule has 0 heterocycles. The molecule has 0 spiro atoms. The molecule has 0 unspecified atom stereocenters. The van der Waals surface area contributed by atoms with Crippen LogP contribution >= 0.6 is 11.8 Å². The second-order valence-corrected chi connectivity index (χ2v) is 3.34. The molecular weight excluding hydrogens is 200 g/mol. The fraction of sp³-hybridized carbons (Fsp3) is 0.300. The summed E-state index contributed by atoms with van der Waals surface area (Å²) < 4.78 is 10.1. The summed E-state index contributed by atoms with van der Waals surface area (Å²) in [5.74, 6) is 1.23. The molecule has 0 N–H and O–H groups in total. The smallest absolute Gasteiger partial charge is 0.222 e. The van der Waals surface area contributed by atoms with Crippen molar-refractivity contribution in [2.24, 2.45) is 0 Å². The molecule has 0 bridgehead atoms. The summed E-state index contributed by atoms with van der Waals surface area (Å²) in [5, 5.41) is -0.00972. The van der Waals surface area contributed by atoms with Crippen LogP contribution < -0.4 is 9.47 Å². The molecule has 4 heteroatoms. The van der Waals surface area contributed by atoms with Crippen LogP contribution in [0.4, 0.5) is 0 Å². The number of thioether (sulfide) groups is 1. The van der Waals surface area contributed by atoms with E-state index in [4.69, 9.17) is 9.47 Å². The van der Waals surface area contributed by atoms with Crippen LogP contribution in [0, 0.1) is 0 Å². The SMILES string of the molecule is COc1ccc(C(=O)SC)c(OC)c1. The molecule has 0 aliphatic carbocycles. The molecule has 0 atom stereocenters. The number of carbonyl (C=O) groups excluding carboxylic acids is 1. The maximum atomic E-state index is 11.4. The van der Waals surface area contributed by atoms with E-state index in [1.165, 1.54) is 7.11 Å². The predicted molar refractivity (Wildman–Crippen MR) is 57.4 cm³/mol. The molecule has 76 valence electrons. The number of carbonyl (C=O) groups is 1. The Labute approximate surface area is 87.4 Å². The first kappa shape index (κ1) is 10.9. The molecule has 0 aliphatic rings. The van der Waals surface area contributed by atoms with Gasteiger partial charge in [0.1, 0.15) is 11.5 Å². The molecule has 1 aromatic carbocycles. The fourth-order valence-electron chi connectivity index (χ4n) is 1.08. The van der Waals surface area contributed by atoms with Crippen LogP contribution in [0.2, 0.25) is 0 Å². The first-order valence-corrected chi connectivity index (χ1v) is 5.25. The molecule has 0 saturated carbocycles. The van der Waals surface area contributed by atoms with Crippen LogP contribution in [-0.2, 0) is 0 Å². The third kappa shape index (κ3) is 2.20. The van der Waals surface area contributed by atoms with E-state index in [0.717, 1.165) is 11.8 Å². The van der Waals surface area contributed by atoms with E-state index < -0.39 is 0 Å². The zero-order valence-corrected chi connectivity index (χ0v) is 9.18. The van der Waals surface area contributed by atoms with Crippen LogP contribution in [0.15, 0.2) is 18.2 Å². The largest absolute Gasteiger partial charge is 0.497 e. The van der Waals surface area contributed by atoms with E-state index in [1.807, 2.05) is 0 Å². The number of hydrogen-bond acceptors (Lipinski definition) is 4. The lowest BCUT2D eigenvalue weighted by Gasteiger charge is -2.07. The Morgan fingerprint density at radius 2 is 2.00 bits per heavy atom. The molecular formula is C10H12O3S. The number of hydrogen-bond donors (Lipinski definition) is 0. The van der Waals surface area contributed by atoms with Crippen molar-refractivity contribution in [3.63, 3.8) is 0 Å². The molecule has 0 saturated heterocycles. The second kappa shape index (κ2) is 4.91. The molecule has 0 radical (unpaired) electrons. The lowest BCUT2D eigenvalue weighted by molar-refractivity contribution is 0.108. The van der Waals surface area contributed by atoms with Gasteiger partial charge in [0.25, 0.3) is 0 Å². The standard InChI is InChI=1S/C10H12O3S/c1-12-7-4-5-8(10(11)14-3)9(6-7)13-2/h4-6H,1-3H3. The molecule has 14 heavy (non-hydrogen) atoms. The molecule has 0 aliphatic heterocycles. The molecule has 1 rings (SSSR count).